The highest BCUT2D eigenvalue weighted by Gasteiger charge is 2.43. The molecule has 1 atom stereocenters. The van der Waals surface area contributed by atoms with Crippen molar-refractivity contribution in [2.24, 2.45) is 0 Å². The molecule has 5 aromatic rings. The van der Waals surface area contributed by atoms with Crippen molar-refractivity contribution in [2.75, 3.05) is 0 Å². The van der Waals surface area contributed by atoms with Crippen molar-refractivity contribution in [1.82, 2.24) is 0 Å². The fourth-order valence-electron chi connectivity index (χ4n) is 4.96. The minimum atomic E-state index is -2.43. The Balaban J connectivity index is 1.54. The van der Waals surface area contributed by atoms with E-state index in [0.29, 0.717) is 0 Å². The van der Waals surface area contributed by atoms with Gasteiger partial charge in [0.05, 0.1) is 11.3 Å². The lowest BCUT2D eigenvalue weighted by Gasteiger charge is -2.38. The van der Waals surface area contributed by atoms with E-state index < -0.39 is 6.04 Å². The second-order valence-electron chi connectivity index (χ2n) is 8.48. The average Bonchev–Trinajstić information content (AvgIpc) is 2.89. The molecular formula is C30H19O2PS. The molecule has 2 heterocycles. The van der Waals surface area contributed by atoms with Crippen LogP contribution in [0.1, 0.15) is 0 Å². The number of fused-ring (bicyclic) bond motifs is 4. The predicted molar refractivity (Wildman–Crippen MR) is 144 cm³/mol. The van der Waals surface area contributed by atoms with Gasteiger partial charge in [0.25, 0.3) is 0 Å². The maximum absolute atomic E-state index is 6.73. The van der Waals surface area contributed by atoms with Crippen LogP contribution < -0.4 is 25.4 Å². The van der Waals surface area contributed by atoms with Gasteiger partial charge >= 0.3 is 0 Å². The summed E-state index contributed by atoms with van der Waals surface area (Å²) in [5.74, 6) is 3.30. The maximum Gasteiger partial charge on any atom is 0.144 e. The summed E-state index contributed by atoms with van der Waals surface area (Å²) in [6, 6.07) is 37.1. The summed E-state index contributed by atoms with van der Waals surface area (Å²) < 4.78 is 13.0. The number of rotatable bonds is 2. The summed E-state index contributed by atoms with van der Waals surface area (Å²) in [5.41, 5.74) is 4.48. The van der Waals surface area contributed by atoms with Gasteiger partial charge < -0.3 is 9.47 Å². The second kappa shape index (κ2) is 7.43. The first kappa shape index (κ1) is 19.8. The first-order chi connectivity index (χ1) is 16.7. The van der Waals surface area contributed by atoms with E-state index in [0.717, 1.165) is 61.2 Å². The van der Waals surface area contributed by atoms with Crippen molar-refractivity contribution >= 4 is 33.8 Å². The lowest BCUT2D eigenvalue weighted by molar-refractivity contribution is 0.467. The molecule has 2 aliphatic rings. The van der Waals surface area contributed by atoms with Crippen molar-refractivity contribution in [1.29, 1.82) is 0 Å². The van der Waals surface area contributed by atoms with Crippen LogP contribution in [0.4, 0.5) is 0 Å². The van der Waals surface area contributed by atoms with E-state index in [1.807, 2.05) is 30.3 Å². The fourth-order valence-corrected chi connectivity index (χ4v) is 9.46. The summed E-state index contributed by atoms with van der Waals surface area (Å²) in [5, 5.41) is 3.18. The molecule has 2 aliphatic heterocycles. The lowest BCUT2D eigenvalue weighted by atomic mass is 10.0. The maximum atomic E-state index is 6.73. The highest BCUT2D eigenvalue weighted by molar-refractivity contribution is 8.26. The van der Waals surface area contributed by atoms with E-state index in [1.54, 1.807) is 0 Å². The van der Waals surface area contributed by atoms with E-state index in [4.69, 9.17) is 21.3 Å². The molecule has 0 bridgehead atoms. The first-order valence-electron chi connectivity index (χ1n) is 11.2. The Morgan fingerprint density at radius 3 is 1.94 bits per heavy atom. The van der Waals surface area contributed by atoms with Crippen LogP contribution in [0, 0.1) is 0 Å². The van der Waals surface area contributed by atoms with Crippen molar-refractivity contribution in [3.63, 3.8) is 0 Å². The first-order valence-corrected chi connectivity index (χ1v) is 14.0. The van der Waals surface area contributed by atoms with Gasteiger partial charge in [-0.2, -0.15) is 0 Å². The normalized spacial score (nSPS) is 16.9. The largest absolute Gasteiger partial charge is 0.456 e. The molecule has 2 nitrogen and oxygen atoms in total. The minimum Gasteiger partial charge on any atom is -0.456 e. The number of benzene rings is 5. The van der Waals surface area contributed by atoms with Gasteiger partial charge in [-0.15, -0.1) is 0 Å². The molecule has 0 spiro atoms. The van der Waals surface area contributed by atoms with E-state index in [1.165, 1.54) is 0 Å². The third-order valence-electron chi connectivity index (χ3n) is 6.53. The minimum absolute atomic E-state index is 0.799. The number of hydrogen-bond acceptors (Lipinski definition) is 3. The molecule has 0 aromatic heterocycles. The molecule has 162 valence electrons. The second-order valence-corrected chi connectivity index (χ2v) is 12.8. The van der Waals surface area contributed by atoms with E-state index in [9.17, 15) is 0 Å². The van der Waals surface area contributed by atoms with Crippen LogP contribution in [0.5, 0.6) is 23.0 Å². The Morgan fingerprint density at radius 1 is 0.500 bits per heavy atom. The molecule has 0 N–H and O–H groups in total. The van der Waals surface area contributed by atoms with Crippen LogP contribution in [0.25, 0.3) is 22.3 Å². The number of para-hydroxylation sites is 1. The van der Waals surface area contributed by atoms with Gasteiger partial charge in [-0.25, -0.2) is 0 Å². The third kappa shape index (κ3) is 2.78. The third-order valence-corrected chi connectivity index (χ3v) is 11.4. The van der Waals surface area contributed by atoms with Crippen molar-refractivity contribution < 1.29 is 9.47 Å². The Labute approximate surface area is 203 Å². The molecule has 0 saturated carbocycles. The standard InChI is InChI=1S/C30H19O2PS/c34-33-27-16-7-13-23(21-11-5-2-6-12-21)29(27)32-26-15-8-14-25(30(26)33)31-24-18-17-22(19-28(24)33)20-9-3-1-4-10-20/h1-19H. The Kier molecular flexibility index (Phi) is 4.32. The highest BCUT2D eigenvalue weighted by atomic mass is 32.4. The number of hydrogen-bond donors (Lipinski definition) is 0. The molecular weight excluding hydrogens is 455 g/mol. The Morgan fingerprint density at radius 2 is 1.18 bits per heavy atom. The molecule has 34 heavy (non-hydrogen) atoms. The molecule has 0 amide bonds. The van der Waals surface area contributed by atoms with Crippen LogP contribution in [-0.2, 0) is 11.8 Å². The molecule has 4 heteroatoms. The zero-order chi connectivity index (χ0) is 22.7. The number of ether oxygens (including phenoxy) is 2. The van der Waals surface area contributed by atoms with Gasteiger partial charge in [0.15, 0.2) is 0 Å². The predicted octanol–water partition coefficient (Wildman–Crippen LogP) is 6.99. The zero-order valence-corrected chi connectivity index (χ0v) is 19.9. The fraction of sp³-hybridized carbons (Fsp3) is 0. The smallest absolute Gasteiger partial charge is 0.144 e. The van der Waals surface area contributed by atoms with Gasteiger partial charge in [-0.3, -0.25) is 0 Å². The van der Waals surface area contributed by atoms with Gasteiger partial charge in [-0.1, -0.05) is 96.7 Å². The van der Waals surface area contributed by atoms with Gasteiger partial charge in [-0.05, 0) is 47.0 Å². The molecule has 5 aromatic carbocycles. The molecule has 0 fully saturated rings. The Hall–Kier alpha value is -3.65. The van der Waals surface area contributed by atoms with Crippen molar-refractivity contribution in [2.45, 2.75) is 0 Å². The summed E-state index contributed by atoms with van der Waals surface area (Å²) in [4.78, 5) is 0. The van der Waals surface area contributed by atoms with Crippen LogP contribution in [-0.4, -0.2) is 0 Å². The summed E-state index contributed by atoms with van der Waals surface area (Å²) in [6.45, 7) is 0. The molecule has 7 rings (SSSR count). The van der Waals surface area contributed by atoms with Crippen LogP contribution >= 0.6 is 6.04 Å². The molecule has 0 radical (unpaired) electrons. The topological polar surface area (TPSA) is 18.5 Å². The summed E-state index contributed by atoms with van der Waals surface area (Å²) in [7, 11) is 0. The van der Waals surface area contributed by atoms with Gasteiger partial charge in [0.2, 0.25) is 0 Å². The SMILES string of the molecule is S=P12c3cc(-c4ccccc4)ccc3Oc3cccc(c31)Oc1c(-c3ccccc3)cccc12. The summed E-state index contributed by atoms with van der Waals surface area (Å²) >= 11 is 6.73. The summed E-state index contributed by atoms with van der Waals surface area (Å²) in [6.07, 6.45) is 0. The van der Waals surface area contributed by atoms with Crippen molar-refractivity contribution in [3.8, 4) is 45.3 Å². The lowest BCUT2D eigenvalue weighted by Crippen LogP contribution is -2.35. The quantitative estimate of drug-likeness (QED) is 0.252. The van der Waals surface area contributed by atoms with Crippen LogP contribution in [0.2, 0.25) is 0 Å². The van der Waals surface area contributed by atoms with E-state index in [-0.39, 0.29) is 0 Å². The van der Waals surface area contributed by atoms with Crippen LogP contribution in [0.15, 0.2) is 115 Å². The van der Waals surface area contributed by atoms with Crippen LogP contribution in [0.3, 0.4) is 0 Å². The monoisotopic (exact) mass is 474 g/mol. The van der Waals surface area contributed by atoms with Gasteiger partial charge in [0, 0.05) is 16.2 Å². The van der Waals surface area contributed by atoms with E-state index in [2.05, 4.69) is 84.9 Å². The average molecular weight is 475 g/mol. The van der Waals surface area contributed by atoms with Gasteiger partial charge in [0.1, 0.15) is 23.0 Å². The highest BCUT2D eigenvalue weighted by Crippen LogP contribution is 2.59. The molecule has 1 unspecified atom stereocenters. The molecule has 0 saturated heterocycles. The van der Waals surface area contributed by atoms with E-state index >= 15 is 0 Å². The van der Waals surface area contributed by atoms with Crippen molar-refractivity contribution in [3.05, 3.63) is 115 Å². The molecule has 0 aliphatic carbocycles. The Bertz CT molecular complexity index is 1620. The zero-order valence-electron chi connectivity index (χ0n) is 18.1.